The summed E-state index contributed by atoms with van der Waals surface area (Å²) in [6.07, 6.45) is -0.0416. The molecule has 1 saturated heterocycles. The van der Waals surface area contributed by atoms with Crippen molar-refractivity contribution in [3.05, 3.63) is 24.3 Å². The van der Waals surface area contributed by atoms with Crippen molar-refractivity contribution >= 4 is 11.7 Å². The van der Waals surface area contributed by atoms with Gasteiger partial charge < -0.3 is 20.1 Å². The van der Waals surface area contributed by atoms with E-state index in [4.69, 9.17) is 4.74 Å². The SMILES string of the molecule is CC(C)CN1CCOC(CNC(=O)Nc2ccc(OC(F)F)cc2)C1. The van der Waals surface area contributed by atoms with E-state index in [9.17, 15) is 13.6 Å². The number of nitrogens with one attached hydrogen (secondary N) is 2. The van der Waals surface area contributed by atoms with Crippen LogP contribution in [0.5, 0.6) is 5.75 Å². The lowest BCUT2D eigenvalue weighted by atomic mass is 10.2. The van der Waals surface area contributed by atoms with Crippen molar-refractivity contribution in [1.82, 2.24) is 10.2 Å². The summed E-state index contributed by atoms with van der Waals surface area (Å²) in [7, 11) is 0. The Hall–Kier alpha value is -1.93. The molecule has 140 valence electrons. The molecule has 2 amide bonds. The fourth-order valence-electron chi connectivity index (χ4n) is 2.69. The molecule has 0 radical (unpaired) electrons. The molecular weight excluding hydrogens is 332 g/mol. The standard InChI is InChI=1S/C17H25F2N3O3/c1-12(2)10-22-7-8-24-15(11-22)9-20-17(23)21-13-3-5-14(6-4-13)25-16(18)19/h3-6,12,15-16H,7-11H2,1-2H3,(H2,20,21,23). The number of hydrogen-bond acceptors (Lipinski definition) is 4. The molecule has 0 spiro atoms. The van der Waals surface area contributed by atoms with Gasteiger partial charge in [-0.25, -0.2) is 4.79 Å². The van der Waals surface area contributed by atoms with Crippen LogP contribution in [0.25, 0.3) is 0 Å². The molecule has 1 atom stereocenters. The molecule has 1 aromatic carbocycles. The quantitative estimate of drug-likeness (QED) is 0.788. The molecule has 8 heteroatoms. The second kappa shape index (κ2) is 9.53. The van der Waals surface area contributed by atoms with Gasteiger partial charge in [0.15, 0.2) is 0 Å². The lowest BCUT2D eigenvalue weighted by molar-refractivity contribution is -0.0498. The average Bonchev–Trinajstić information content (AvgIpc) is 2.54. The highest BCUT2D eigenvalue weighted by Crippen LogP contribution is 2.17. The Balaban J connectivity index is 1.73. The van der Waals surface area contributed by atoms with Crippen LogP contribution in [-0.4, -0.2) is 56.4 Å². The largest absolute Gasteiger partial charge is 0.435 e. The number of hydrogen-bond donors (Lipinski definition) is 2. The Labute approximate surface area is 146 Å². The number of carbonyl (C=O) groups excluding carboxylic acids is 1. The molecule has 1 aliphatic rings. The Morgan fingerprint density at radius 3 is 2.72 bits per heavy atom. The zero-order chi connectivity index (χ0) is 18.2. The van der Waals surface area contributed by atoms with Crippen LogP contribution in [0.1, 0.15) is 13.8 Å². The molecule has 0 bridgehead atoms. The van der Waals surface area contributed by atoms with Crippen LogP contribution in [0.4, 0.5) is 19.3 Å². The number of ether oxygens (including phenoxy) is 2. The molecule has 2 N–H and O–H groups in total. The van der Waals surface area contributed by atoms with Crippen molar-refractivity contribution in [2.75, 3.05) is 38.1 Å². The molecule has 1 unspecified atom stereocenters. The maximum atomic E-state index is 12.1. The second-order valence-electron chi connectivity index (χ2n) is 6.38. The Morgan fingerprint density at radius 1 is 1.36 bits per heavy atom. The van der Waals surface area contributed by atoms with Gasteiger partial charge >= 0.3 is 12.6 Å². The highest BCUT2D eigenvalue weighted by atomic mass is 19.3. The summed E-state index contributed by atoms with van der Waals surface area (Å²) >= 11 is 0. The summed E-state index contributed by atoms with van der Waals surface area (Å²) in [4.78, 5) is 14.3. The van der Waals surface area contributed by atoms with Gasteiger partial charge in [-0.15, -0.1) is 0 Å². The van der Waals surface area contributed by atoms with Gasteiger partial charge in [-0.1, -0.05) is 13.8 Å². The van der Waals surface area contributed by atoms with E-state index in [1.165, 1.54) is 24.3 Å². The molecule has 1 aliphatic heterocycles. The first-order valence-corrected chi connectivity index (χ1v) is 8.36. The monoisotopic (exact) mass is 357 g/mol. The maximum absolute atomic E-state index is 12.1. The lowest BCUT2D eigenvalue weighted by Gasteiger charge is -2.33. The van der Waals surface area contributed by atoms with Crippen molar-refractivity contribution in [3.8, 4) is 5.75 Å². The molecular formula is C17H25F2N3O3. The minimum absolute atomic E-state index is 0.0416. The third kappa shape index (κ3) is 7.23. The number of urea groups is 1. The first-order chi connectivity index (χ1) is 11.9. The molecule has 1 fully saturated rings. The van der Waals surface area contributed by atoms with E-state index < -0.39 is 6.61 Å². The number of halogens is 2. The van der Waals surface area contributed by atoms with Gasteiger partial charge in [-0.3, -0.25) is 4.90 Å². The summed E-state index contributed by atoms with van der Waals surface area (Å²) in [6, 6.07) is 5.37. The van der Waals surface area contributed by atoms with Crippen molar-refractivity contribution in [2.24, 2.45) is 5.92 Å². The van der Waals surface area contributed by atoms with Crippen molar-refractivity contribution in [2.45, 2.75) is 26.6 Å². The number of morpholine rings is 1. The number of benzene rings is 1. The van der Waals surface area contributed by atoms with Crippen molar-refractivity contribution in [3.63, 3.8) is 0 Å². The number of carbonyl (C=O) groups is 1. The highest BCUT2D eigenvalue weighted by Gasteiger charge is 2.21. The van der Waals surface area contributed by atoms with Gasteiger partial charge in [0, 0.05) is 31.9 Å². The fourth-order valence-corrected chi connectivity index (χ4v) is 2.69. The van der Waals surface area contributed by atoms with Crippen molar-refractivity contribution < 1.29 is 23.0 Å². The van der Waals surface area contributed by atoms with Gasteiger partial charge in [0.05, 0.1) is 12.7 Å². The minimum atomic E-state index is -2.87. The van der Waals surface area contributed by atoms with E-state index in [-0.39, 0.29) is 17.9 Å². The van der Waals surface area contributed by atoms with E-state index in [1.807, 2.05) is 0 Å². The second-order valence-corrected chi connectivity index (χ2v) is 6.38. The van der Waals surface area contributed by atoms with E-state index in [1.54, 1.807) is 0 Å². The van der Waals surface area contributed by atoms with Gasteiger partial charge in [-0.2, -0.15) is 8.78 Å². The Morgan fingerprint density at radius 2 is 2.08 bits per heavy atom. The van der Waals surface area contributed by atoms with Crippen LogP contribution in [0.15, 0.2) is 24.3 Å². The molecule has 1 heterocycles. The van der Waals surface area contributed by atoms with E-state index in [2.05, 4.69) is 34.1 Å². The summed E-state index contributed by atoms with van der Waals surface area (Å²) in [6.45, 7) is 5.26. The molecule has 2 rings (SSSR count). The van der Waals surface area contributed by atoms with E-state index in [0.717, 1.165) is 19.6 Å². The summed E-state index contributed by atoms with van der Waals surface area (Å²) < 4.78 is 34.1. The van der Waals surface area contributed by atoms with E-state index >= 15 is 0 Å². The number of nitrogens with zero attached hydrogens (tertiary/aromatic N) is 1. The molecule has 25 heavy (non-hydrogen) atoms. The molecule has 0 aromatic heterocycles. The third-order valence-electron chi connectivity index (χ3n) is 3.67. The third-order valence-corrected chi connectivity index (χ3v) is 3.67. The van der Waals surface area contributed by atoms with Crippen LogP contribution < -0.4 is 15.4 Å². The predicted molar refractivity (Wildman–Crippen MR) is 91.1 cm³/mol. The first kappa shape index (κ1) is 19.4. The Kier molecular flexibility index (Phi) is 7.39. The summed E-state index contributed by atoms with van der Waals surface area (Å²) in [5, 5.41) is 5.41. The first-order valence-electron chi connectivity index (χ1n) is 8.36. The van der Waals surface area contributed by atoms with Gasteiger partial charge in [0.1, 0.15) is 5.75 Å². The minimum Gasteiger partial charge on any atom is -0.435 e. The highest BCUT2D eigenvalue weighted by molar-refractivity contribution is 5.89. The normalized spacial score (nSPS) is 18.4. The van der Waals surface area contributed by atoms with Crippen molar-refractivity contribution in [1.29, 1.82) is 0 Å². The molecule has 1 aromatic rings. The van der Waals surface area contributed by atoms with E-state index in [0.29, 0.717) is 24.8 Å². The average molecular weight is 357 g/mol. The molecule has 0 aliphatic carbocycles. The fraction of sp³-hybridized carbons (Fsp3) is 0.588. The van der Waals surface area contributed by atoms with Crippen LogP contribution in [-0.2, 0) is 4.74 Å². The van der Waals surface area contributed by atoms with Crippen LogP contribution in [0.3, 0.4) is 0 Å². The van der Waals surface area contributed by atoms with Gasteiger partial charge in [0.25, 0.3) is 0 Å². The smallest absolute Gasteiger partial charge is 0.387 e. The molecule has 0 saturated carbocycles. The van der Waals surface area contributed by atoms with Gasteiger partial charge in [0.2, 0.25) is 0 Å². The lowest BCUT2D eigenvalue weighted by Crippen LogP contribution is -2.48. The number of anilines is 1. The van der Waals surface area contributed by atoms with Crippen LogP contribution in [0, 0.1) is 5.92 Å². The van der Waals surface area contributed by atoms with Crippen LogP contribution in [0.2, 0.25) is 0 Å². The number of alkyl halides is 2. The molecule has 6 nitrogen and oxygen atoms in total. The predicted octanol–water partition coefficient (Wildman–Crippen LogP) is 2.77. The number of rotatable bonds is 7. The van der Waals surface area contributed by atoms with Gasteiger partial charge in [-0.05, 0) is 30.2 Å². The summed E-state index contributed by atoms with van der Waals surface area (Å²) in [5.74, 6) is 0.633. The Bertz CT molecular complexity index is 540. The zero-order valence-electron chi connectivity index (χ0n) is 14.5. The summed E-state index contributed by atoms with van der Waals surface area (Å²) in [5.41, 5.74) is 0.491. The van der Waals surface area contributed by atoms with Crippen LogP contribution >= 0.6 is 0 Å². The maximum Gasteiger partial charge on any atom is 0.387 e. The zero-order valence-corrected chi connectivity index (χ0v) is 14.5. The topological polar surface area (TPSA) is 62.8 Å². The number of amides is 2.